The molecule has 108 valence electrons. The molecule has 0 bridgehead atoms. The highest BCUT2D eigenvalue weighted by Gasteiger charge is 2.10. The van der Waals surface area contributed by atoms with Gasteiger partial charge in [-0.15, -0.1) is 0 Å². The lowest BCUT2D eigenvalue weighted by Crippen LogP contribution is -2.08. The lowest BCUT2D eigenvalue weighted by molar-refractivity contribution is 0.264. The van der Waals surface area contributed by atoms with Crippen molar-refractivity contribution >= 4 is 0 Å². The zero-order valence-electron chi connectivity index (χ0n) is 12.4. The van der Waals surface area contributed by atoms with Crippen molar-refractivity contribution in [2.75, 3.05) is 19.8 Å². The summed E-state index contributed by atoms with van der Waals surface area (Å²) in [5, 5.41) is 0. The zero-order valence-corrected chi connectivity index (χ0v) is 12.4. The summed E-state index contributed by atoms with van der Waals surface area (Å²) in [6.45, 7) is 8.45. The van der Waals surface area contributed by atoms with Gasteiger partial charge in [0.1, 0.15) is 0 Å². The third-order valence-electron chi connectivity index (χ3n) is 2.95. The van der Waals surface area contributed by atoms with Crippen LogP contribution >= 0.6 is 0 Å². The Balaban J connectivity index is 2.70. The Bertz CT molecular complexity index is 340. The van der Waals surface area contributed by atoms with Gasteiger partial charge in [-0.25, -0.2) is 0 Å². The van der Waals surface area contributed by atoms with Gasteiger partial charge in [-0.05, 0) is 50.3 Å². The molecule has 0 unspecified atom stereocenters. The lowest BCUT2D eigenvalue weighted by Gasteiger charge is -2.16. The summed E-state index contributed by atoms with van der Waals surface area (Å²) in [7, 11) is 0. The maximum Gasteiger partial charge on any atom is 0.164 e. The molecule has 3 heteroatoms. The van der Waals surface area contributed by atoms with Gasteiger partial charge in [-0.3, -0.25) is 0 Å². The van der Waals surface area contributed by atoms with E-state index >= 15 is 0 Å². The molecule has 0 aliphatic heterocycles. The van der Waals surface area contributed by atoms with Gasteiger partial charge in [0, 0.05) is 0 Å². The Morgan fingerprint density at radius 2 is 2.00 bits per heavy atom. The lowest BCUT2D eigenvalue weighted by atomic mass is 10.1. The molecule has 0 aliphatic carbocycles. The second-order valence-corrected chi connectivity index (χ2v) is 5.10. The topological polar surface area (TPSA) is 44.5 Å². The van der Waals surface area contributed by atoms with E-state index in [0.717, 1.165) is 36.5 Å². The van der Waals surface area contributed by atoms with Gasteiger partial charge in [0.15, 0.2) is 11.5 Å². The summed E-state index contributed by atoms with van der Waals surface area (Å²) in [4.78, 5) is 0. The summed E-state index contributed by atoms with van der Waals surface area (Å²) in [6, 6.07) is 6.02. The van der Waals surface area contributed by atoms with Crippen LogP contribution < -0.4 is 15.2 Å². The molecule has 0 saturated heterocycles. The molecule has 3 nitrogen and oxygen atoms in total. The van der Waals surface area contributed by atoms with Crippen LogP contribution in [0, 0.1) is 5.92 Å². The fourth-order valence-corrected chi connectivity index (χ4v) is 2.01. The molecule has 1 aromatic rings. The van der Waals surface area contributed by atoms with Gasteiger partial charge in [0.2, 0.25) is 0 Å². The van der Waals surface area contributed by atoms with Gasteiger partial charge in [0.05, 0.1) is 13.2 Å². The molecule has 19 heavy (non-hydrogen) atoms. The smallest absolute Gasteiger partial charge is 0.164 e. The molecule has 0 aliphatic rings. The maximum absolute atomic E-state index is 5.94. The van der Waals surface area contributed by atoms with E-state index in [1.54, 1.807) is 0 Å². The van der Waals surface area contributed by atoms with Crippen LogP contribution in [0.4, 0.5) is 0 Å². The van der Waals surface area contributed by atoms with Crippen molar-refractivity contribution in [3.63, 3.8) is 0 Å². The minimum atomic E-state index is 0.623. The molecule has 1 aromatic carbocycles. The Morgan fingerprint density at radius 1 is 1.21 bits per heavy atom. The Morgan fingerprint density at radius 3 is 2.63 bits per heavy atom. The molecule has 0 radical (unpaired) electrons. The zero-order chi connectivity index (χ0) is 14.1. The molecule has 0 amide bonds. The Labute approximate surface area is 117 Å². The standard InChI is InChI=1S/C16H27NO2/c1-4-18-15-9-5-8-14(10-11-17)16(15)19-12-6-7-13(2)3/h5,8-9,13H,4,6-7,10-12,17H2,1-3H3. The van der Waals surface area contributed by atoms with Crippen molar-refractivity contribution in [2.24, 2.45) is 11.7 Å². The van der Waals surface area contributed by atoms with Gasteiger partial charge in [0.25, 0.3) is 0 Å². The van der Waals surface area contributed by atoms with Crippen LogP contribution in [0.15, 0.2) is 18.2 Å². The van der Waals surface area contributed by atoms with E-state index in [9.17, 15) is 0 Å². The van der Waals surface area contributed by atoms with Crippen LogP contribution in [-0.4, -0.2) is 19.8 Å². The highest BCUT2D eigenvalue weighted by atomic mass is 16.5. The first kappa shape index (κ1) is 15.8. The van der Waals surface area contributed by atoms with E-state index in [1.807, 2.05) is 19.1 Å². The van der Waals surface area contributed by atoms with Crippen molar-refractivity contribution in [3.05, 3.63) is 23.8 Å². The number of hydrogen-bond donors (Lipinski definition) is 1. The summed E-state index contributed by atoms with van der Waals surface area (Å²) in [6.07, 6.45) is 3.07. The largest absolute Gasteiger partial charge is 0.490 e. The van der Waals surface area contributed by atoms with Crippen LogP contribution in [0.5, 0.6) is 11.5 Å². The monoisotopic (exact) mass is 265 g/mol. The summed E-state index contributed by atoms with van der Waals surface area (Å²) in [5.74, 6) is 2.42. The van der Waals surface area contributed by atoms with Crippen LogP contribution in [0.2, 0.25) is 0 Å². The Hall–Kier alpha value is -1.22. The maximum atomic E-state index is 5.94. The number of nitrogens with two attached hydrogens (primary N) is 1. The van der Waals surface area contributed by atoms with E-state index in [1.165, 1.54) is 6.42 Å². The Kier molecular flexibility index (Phi) is 7.34. The fourth-order valence-electron chi connectivity index (χ4n) is 2.01. The normalized spacial score (nSPS) is 10.8. The predicted octanol–water partition coefficient (Wildman–Crippen LogP) is 3.40. The molecule has 0 heterocycles. The molecule has 1 rings (SSSR count). The summed E-state index contributed by atoms with van der Waals surface area (Å²) in [5.41, 5.74) is 6.79. The molecule has 0 atom stereocenters. The second-order valence-electron chi connectivity index (χ2n) is 5.10. The number of rotatable bonds is 9. The van der Waals surface area contributed by atoms with Gasteiger partial charge in [-0.1, -0.05) is 26.0 Å². The van der Waals surface area contributed by atoms with Crippen LogP contribution in [-0.2, 0) is 6.42 Å². The first-order valence-electron chi connectivity index (χ1n) is 7.26. The van der Waals surface area contributed by atoms with Gasteiger partial charge < -0.3 is 15.2 Å². The minimum Gasteiger partial charge on any atom is -0.490 e. The van der Waals surface area contributed by atoms with Crippen LogP contribution in [0.3, 0.4) is 0 Å². The summed E-state index contributed by atoms with van der Waals surface area (Å²) < 4.78 is 11.6. The molecule has 2 N–H and O–H groups in total. The molecule has 0 saturated carbocycles. The predicted molar refractivity (Wildman–Crippen MR) is 79.9 cm³/mol. The third kappa shape index (κ3) is 5.52. The first-order chi connectivity index (χ1) is 9.19. The van der Waals surface area contributed by atoms with Crippen molar-refractivity contribution in [1.29, 1.82) is 0 Å². The fraction of sp³-hybridized carbons (Fsp3) is 0.625. The molecular formula is C16H27NO2. The van der Waals surface area contributed by atoms with Gasteiger partial charge in [-0.2, -0.15) is 0 Å². The van der Waals surface area contributed by atoms with Crippen molar-refractivity contribution in [3.8, 4) is 11.5 Å². The number of benzene rings is 1. The quantitative estimate of drug-likeness (QED) is 0.696. The average molecular weight is 265 g/mol. The van der Waals surface area contributed by atoms with E-state index in [2.05, 4.69) is 19.9 Å². The SMILES string of the molecule is CCOc1cccc(CCN)c1OCCCC(C)C. The average Bonchev–Trinajstić information content (AvgIpc) is 2.37. The van der Waals surface area contributed by atoms with Gasteiger partial charge >= 0.3 is 0 Å². The highest BCUT2D eigenvalue weighted by molar-refractivity contribution is 5.46. The first-order valence-corrected chi connectivity index (χ1v) is 7.26. The van der Waals surface area contributed by atoms with E-state index in [0.29, 0.717) is 19.1 Å². The minimum absolute atomic E-state index is 0.623. The highest BCUT2D eigenvalue weighted by Crippen LogP contribution is 2.31. The number of ether oxygens (including phenoxy) is 2. The van der Waals surface area contributed by atoms with E-state index < -0.39 is 0 Å². The van der Waals surface area contributed by atoms with Crippen molar-refractivity contribution in [1.82, 2.24) is 0 Å². The van der Waals surface area contributed by atoms with E-state index in [4.69, 9.17) is 15.2 Å². The van der Waals surface area contributed by atoms with Crippen molar-refractivity contribution in [2.45, 2.75) is 40.0 Å². The van der Waals surface area contributed by atoms with Crippen LogP contribution in [0.25, 0.3) is 0 Å². The third-order valence-corrected chi connectivity index (χ3v) is 2.95. The molecule has 0 spiro atoms. The summed E-state index contributed by atoms with van der Waals surface area (Å²) >= 11 is 0. The molecule has 0 fully saturated rings. The van der Waals surface area contributed by atoms with E-state index in [-0.39, 0.29) is 0 Å². The van der Waals surface area contributed by atoms with Crippen molar-refractivity contribution < 1.29 is 9.47 Å². The number of para-hydroxylation sites is 1. The second kappa shape index (κ2) is 8.81. The number of hydrogen-bond acceptors (Lipinski definition) is 3. The molecular weight excluding hydrogens is 238 g/mol. The molecule has 0 aromatic heterocycles. The van der Waals surface area contributed by atoms with Crippen LogP contribution in [0.1, 0.15) is 39.2 Å².